The Morgan fingerprint density at radius 1 is 1.15 bits per heavy atom. The predicted molar refractivity (Wildman–Crippen MR) is 67.9 cm³/mol. The van der Waals surface area contributed by atoms with Crippen molar-refractivity contribution in [2.75, 3.05) is 0 Å². The number of rotatable bonds is 2. The summed E-state index contributed by atoms with van der Waals surface area (Å²) >= 11 is 0. The summed E-state index contributed by atoms with van der Waals surface area (Å²) in [5, 5.41) is 8.97. The SMILES string of the molecule is O=C(O)c1ccc2ncn(-c3c(F)cccc3F)c2c1. The number of carbonyl (C=O) groups is 1. The fourth-order valence-corrected chi connectivity index (χ4v) is 2.04. The van der Waals surface area contributed by atoms with E-state index in [0.717, 1.165) is 12.1 Å². The molecule has 6 heteroatoms. The number of aromatic carboxylic acids is 1. The first kappa shape index (κ1) is 12.3. The third-order valence-electron chi connectivity index (χ3n) is 2.97. The lowest BCUT2D eigenvalue weighted by Gasteiger charge is -2.07. The van der Waals surface area contributed by atoms with Crippen LogP contribution in [0, 0.1) is 11.6 Å². The zero-order valence-corrected chi connectivity index (χ0v) is 10.0. The van der Waals surface area contributed by atoms with Gasteiger partial charge in [-0.15, -0.1) is 0 Å². The van der Waals surface area contributed by atoms with Gasteiger partial charge in [-0.2, -0.15) is 0 Å². The van der Waals surface area contributed by atoms with Crippen LogP contribution >= 0.6 is 0 Å². The minimum absolute atomic E-state index is 0.0241. The summed E-state index contributed by atoms with van der Waals surface area (Å²) in [6.07, 6.45) is 1.26. The van der Waals surface area contributed by atoms with Gasteiger partial charge in [0.1, 0.15) is 23.6 Å². The number of hydrogen-bond donors (Lipinski definition) is 1. The molecule has 20 heavy (non-hydrogen) atoms. The molecule has 2 aromatic carbocycles. The van der Waals surface area contributed by atoms with Crippen molar-refractivity contribution in [3.63, 3.8) is 0 Å². The molecule has 1 N–H and O–H groups in total. The van der Waals surface area contributed by atoms with Gasteiger partial charge in [-0.25, -0.2) is 18.6 Å². The molecule has 3 rings (SSSR count). The van der Waals surface area contributed by atoms with Crippen LogP contribution in [0.4, 0.5) is 8.78 Å². The van der Waals surface area contributed by atoms with Crippen molar-refractivity contribution in [2.24, 2.45) is 0 Å². The van der Waals surface area contributed by atoms with E-state index < -0.39 is 17.6 Å². The molecule has 1 aromatic heterocycles. The molecule has 4 nitrogen and oxygen atoms in total. The summed E-state index contributed by atoms with van der Waals surface area (Å²) in [5.41, 5.74) is 0.528. The highest BCUT2D eigenvalue weighted by Crippen LogP contribution is 2.23. The van der Waals surface area contributed by atoms with Crippen LogP contribution in [0.3, 0.4) is 0 Å². The quantitative estimate of drug-likeness (QED) is 0.781. The fraction of sp³-hybridized carbons (Fsp3) is 0. The third-order valence-corrected chi connectivity index (χ3v) is 2.97. The molecule has 100 valence electrons. The van der Waals surface area contributed by atoms with E-state index in [1.54, 1.807) is 0 Å². The maximum absolute atomic E-state index is 13.8. The van der Waals surface area contributed by atoms with E-state index in [-0.39, 0.29) is 11.3 Å². The monoisotopic (exact) mass is 274 g/mol. The van der Waals surface area contributed by atoms with Crippen LogP contribution in [-0.4, -0.2) is 20.6 Å². The van der Waals surface area contributed by atoms with Crippen molar-refractivity contribution in [2.45, 2.75) is 0 Å². The molecule has 0 aliphatic heterocycles. The number of imidazole rings is 1. The molecule has 0 saturated carbocycles. The fourth-order valence-electron chi connectivity index (χ4n) is 2.04. The van der Waals surface area contributed by atoms with Gasteiger partial charge in [0, 0.05) is 0 Å². The van der Waals surface area contributed by atoms with Gasteiger partial charge >= 0.3 is 5.97 Å². The third kappa shape index (κ3) is 1.82. The Morgan fingerprint density at radius 3 is 2.50 bits per heavy atom. The molecule has 0 saturated heterocycles. The van der Waals surface area contributed by atoms with Gasteiger partial charge in [-0.3, -0.25) is 4.57 Å². The lowest BCUT2D eigenvalue weighted by molar-refractivity contribution is 0.0697. The normalized spacial score (nSPS) is 10.9. The number of hydrogen-bond acceptors (Lipinski definition) is 2. The molecule has 0 bridgehead atoms. The van der Waals surface area contributed by atoms with Crippen molar-refractivity contribution in [3.8, 4) is 5.69 Å². The molecule has 0 amide bonds. The van der Waals surface area contributed by atoms with Gasteiger partial charge in [0.25, 0.3) is 0 Å². The number of carboxylic acids is 1. The molecule has 0 aliphatic carbocycles. The van der Waals surface area contributed by atoms with Crippen molar-refractivity contribution in [1.82, 2.24) is 9.55 Å². The van der Waals surface area contributed by atoms with Crippen LogP contribution in [0.1, 0.15) is 10.4 Å². The van der Waals surface area contributed by atoms with Gasteiger partial charge in [-0.05, 0) is 30.3 Å². The molecule has 0 radical (unpaired) electrons. The molecule has 0 unspecified atom stereocenters. The summed E-state index contributed by atoms with van der Waals surface area (Å²) in [6, 6.07) is 7.73. The summed E-state index contributed by atoms with van der Waals surface area (Å²) in [5.74, 6) is -2.61. The van der Waals surface area contributed by atoms with Crippen LogP contribution in [-0.2, 0) is 0 Å². The van der Waals surface area contributed by atoms with E-state index in [9.17, 15) is 13.6 Å². The van der Waals surface area contributed by atoms with Gasteiger partial charge in [-0.1, -0.05) is 6.07 Å². The first-order chi connectivity index (χ1) is 9.58. The van der Waals surface area contributed by atoms with E-state index in [0.29, 0.717) is 11.0 Å². The molecule has 0 atom stereocenters. The summed E-state index contributed by atoms with van der Waals surface area (Å²) in [6.45, 7) is 0. The second-order valence-electron chi connectivity index (χ2n) is 4.19. The van der Waals surface area contributed by atoms with E-state index in [2.05, 4.69) is 4.98 Å². The topological polar surface area (TPSA) is 55.1 Å². The molecular formula is C14H8F2N2O2. The summed E-state index contributed by atoms with van der Waals surface area (Å²) < 4.78 is 28.8. The van der Waals surface area contributed by atoms with E-state index in [1.165, 1.54) is 35.2 Å². The number of halogens is 2. The number of aromatic nitrogens is 2. The smallest absolute Gasteiger partial charge is 0.335 e. The van der Waals surface area contributed by atoms with Crippen LogP contribution in [0.25, 0.3) is 16.7 Å². The average molecular weight is 274 g/mol. The van der Waals surface area contributed by atoms with Crippen molar-refractivity contribution in [3.05, 3.63) is 59.9 Å². The number of para-hydroxylation sites is 1. The highest BCUT2D eigenvalue weighted by molar-refractivity contribution is 5.92. The minimum atomic E-state index is -1.12. The van der Waals surface area contributed by atoms with Crippen LogP contribution < -0.4 is 0 Å². The Hall–Kier alpha value is -2.76. The van der Waals surface area contributed by atoms with Crippen molar-refractivity contribution < 1.29 is 18.7 Å². The zero-order chi connectivity index (χ0) is 14.3. The van der Waals surface area contributed by atoms with Gasteiger partial charge in [0.2, 0.25) is 0 Å². The molecular weight excluding hydrogens is 266 g/mol. The Bertz CT molecular complexity index is 807. The lowest BCUT2D eigenvalue weighted by Crippen LogP contribution is -2.01. The largest absolute Gasteiger partial charge is 0.478 e. The molecule has 3 aromatic rings. The van der Waals surface area contributed by atoms with E-state index >= 15 is 0 Å². The molecule has 0 spiro atoms. The maximum atomic E-state index is 13.8. The number of carboxylic acid groups (broad SMARTS) is 1. The number of fused-ring (bicyclic) bond motifs is 1. The summed E-state index contributed by atoms with van der Waals surface area (Å²) in [4.78, 5) is 15.0. The van der Waals surface area contributed by atoms with Gasteiger partial charge in [0.05, 0.1) is 16.6 Å². The van der Waals surface area contributed by atoms with Gasteiger partial charge in [0.15, 0.2) is 0 Å². The van der Waals surface area contributed by atoms with Crippen LogP contribution in [0.15, 0.2) is 42.7 Å². The first-order valence-corrected chi connectivity index (χ1v) is 5.72. The lowest BCUT2D eigenvalue weighted by atomic mass is 10.2. The number of benzene rings is 2. The second-order valence-corrected chi connectivity index (χ2v) is 4.19. The maximum Gasteiger partial charge on any atom is 0.335 e. The van der Waals surface area contributed by atoms with Crippen LogP contribution in [0.5, 0.6) is 0 Å². The summed E-state index contributed by atoms with van der Waals surface area (Å²) in [7, 11) is 0. The molecule has 1 heterocycles. The van der Waals surface area contributed by atoms with Crippen molar-refractivity contribution in [1.29, 1.82) is 0 Å². The van der Waals surface area contributed by atoms with E-state index in [4.69, 9.17) is 5.11 Å². The second kappa shape index (κ2) is 4.41. The minimum Gasteiger partial charge on any atom is -0.478 e. The standard InChI is InChI=1S/C14H8F2N2O2/c15-9-2-1-3-10(16)13(9)18-7-17-11-5-4-8(14(19)20)6-12(11)18/h1-7H,(H,19,20). The Kier molecular flexibility index (Phi) is 2.71. The zero-order valence-electron chi connectivity index (χ0n) is 10.0. The average Bonchev–Trinajstić information content (AvgIpc) is 2.81. The van der Waals surface area contributed by atoms with E-state index in [1.807, 2.05) is 0 Å². The molecule has 0 aliphatic rings. The molecule has 0 fully saturated rings. The highest BCUT2D eigenvalue weighted by atomic mass is 19.1. The Balaban J connectivity index is 2.31. The van der Waals surface area contributed by atoms with Crippen molar-refractivity contribution >= 4 is 17.0 Å². The Labute approximate surface area is 111 Å². The number of nitrogens with zero attached hydrogens (tertiary/aromatic N) is 2. The van der Waals surface area contributed by atoms with Gasteiger partial charge < -0.3 is 5.11 Å². The van der Waals surface area contributed by atoms with Crippen LogP contribution in [0.2, 0.25) is 0 Å². The predicted octanol–water partition coefficient (Wildman–Crippen LogP) is 3.00. The first-order valence-electron chi connectivity index (χ1n) is 5.72. The Morgan fingerprint density at radius 2 is 1.85 bits per heavy atom. The highest BCUT2D eigenvalue weighted by Gasteiger charge is 2.15.